The third-order valence-electron chi connectivity index (χ3n) is 2.81. The van der Waals surface area contributed by atoms with E-state index in [4.69, 9.17) is 4.42 Å². The molecule has 0 saturated heterocycles. The maximum Gasteiger partial charge on any atom is 0.433 e. The zero-order chi connectivity index (χ0) is 15.5. The predicted molar refractivity (Wildman–Crippen MR) is 75.6 cm³/mol. The molecule has 0 spiro atoms. The first-order valence-corrected chi connectivity index (χ1v) is 6.14. The van der Waals surface area contributed by atoms with Crippen molar-refractivity contribution < 1.29 is 14.1 Å². The molecule has 0 aromatic carbocycles. The summed E-state index contributed by atoms with van der Waals surface area (Å²) >= 11 is 0. The van der Waals surface area contributed by atoms with Crippen LogP contribution in [0.25, 0.3) is 5.52 Å². The lowest BCUT2D eigenvalue weighted by molar-refractivity contribution is -0.402. The number of furan rings is 1. The number of carbonyl (C=O) groups excluding carboxylic acids is 1. The van der Waals surface area contributed by atoms with Crippen molar-refractivity contribution in [1.82, 2.24) is 14.8 Å². The van der Waals surface area contributed by atoms with Gasteiger partial charge >= 0.3 is 5.88 Å². The van der Waals surface area contributed by atoms with Crippen LogP contribution in [0, 0.1) is 10.1 Å². The van der Waals surface area contributed by atoms with Crippen LogP contribution in [0.1, 0.15) is 16.2 Å². The summed E-state index contributed by atoms with van der Waals surface area (Å²) in [5.41, 5.74) is 3.16. The molecule has 9 heteroatoms. The van der Waals surface area contributed by atoms with E-state index in [0.29, 0.717) is 5.52 Å². The molecular formula is C13H9N5O4. The van der Waals surface area contributed by atoms with Crippen molar-refractivity contribution in [3.05, 3.63) is 64.4 Å². The Balaban J connectivity index is 1.71. The molecule has 0 aliphatic heterocycles. The Labute approximate surface area is 123 Å². The molecule has 1 N–H and O–H groups in total. The fourth-order valence-electron chi connectivity index (χ4n) is 1.84. The van der Waals surface area contributed by atoms with Gasteiger partial charge < -0.3 is 8.82 Å². The molecule has 9 nitrogen and oxygen atoms in total. The SMILES string of the molecule is O=C(NN=Cc1ccc([N+](=O)[O-])o1)c1ncn2ccccc12. The third kappa shape index (κ3) is 2.54. The monoisotopic (exact) mass is 299 g/mol. The normalized spacial score (nSPS) is 11.1. The van der Waals surface area contributed by atoms with Crippen LogP contribution >= 0.6 is 0 Å². The summed E-state index contributed by atoms with van der Waals surface area (Å²) in [5.74, 6) is -0.736. The number of carbonyl (C=O) groups is 1. The van der Waals surface area contributed by atoms with Gasteiger partial charge in [0.15, 0.2) is 11.5 Å². The first kappa shape index (κ1) is 13.5. The maximum absolute atomic E-state index is 12.0. The van der Waals surface area contributed by atoms with Crippen LogP contribution in [-0.4, -0.2) is 26.4 Å². The number of pyridine rings is 1. The van der Waals surface area contributed by atoms with Gasteiger partial charge in [-0.2, -0.15) is 5.10 Å². The van der Waals surface area contributed by atoms with Gasteiger partial charge in [0.25, 0.3) is 5.91 Å². The molecule has 0 bridgehead atoms. The third-order valence-corrected chi connectivity index (χ3v) is 2.81. The topological polar surface area (TPSA) is 115 Å². The lowest BCUT2D eigenvalue weighted by Gasteiger charge is -1.96. The van der Waals surface area contributed by atoms with Crippen molar-refractivity contribution >= 4 is 23.5 Å². The van der Waals surface area contributed by atoms with Crippen LogP contribution in [0.4, 0.5) is 5.88 Å². The van der Waals surface area contributed by atoms with Crippen LogP contribution in [-0.2, 0) is 0 Å². The number of rotatable bonds is 4. The highest BCUT2D eigenvalue weighted by Crippen LogP contribution is 2.13. The molecular weight excluding hydrogens is 290 g/mol. The number of hydrogen-bond acceptors (Lipinski definition) is 6. The molecule has 0 aliphatic carbocycles. The van der Waals surface area contributed by atoms with Crippen molar-refractivity contribution in [2.24, 2.45) is 5.10 Å². The number of fused-ring (bicyclic) bond motifs is 1. The average Bonchev–Trinajstić information content (AvgIpc) is 3.13. The smallest absolute Gasteiger partial charge is 0.400 e. The highest BCUT2D eigenvalue weighted by atomic mass is 16.6. The number of aromatic nitrogens is 2. The quantitative estimate of drug-likeness (QED) is 0.446. The van der Waals surface area contributed by atoms with Crippen molar-refractivity contribution in [2.75, 3.05) is 0 Å². The predicted octanol–water partition coefficient (Wildman–Crippen LogP) is 1.60. The number of imidazole rings is 1. The van der Waals surface area contributed by atoms with E-state index in [1.165, 1.54) is 24.7 Å². The lowest BCUT2D eigenvalue weighted by Crippen LogP contribution is -2.18. The second-order valence-corrected chi connectivity index (χ2v) is 4.22. The number of nitrogens with zero attached hydrogens (tertiary/aromatic N) is 4. The fourth-order valence-corrected chi connectivity index (χ4v) is 1.84. The summed E-state index contributed by atoms with van der Waals surface area (Å²) in [4.78, 5) is 25.8. The van der Waals surface area contributed by atoms with Gasteiger partial charge in [-0.15, -0.1) is 0 Å². The summed E-state index contributed by atoms with van der Waals surface area (Å²) in [5, 5.41) is 14.2. The summed E-state index contributed by atoms with van der Waals surface area (Å²) < 4.78 is 6.57. The molecule has 1 amide bonds. The van der Waals surface area contributed by atoms with Crippen LogP contribution in [0.3, 0.4) is 0 Å². The van der Waals surface area contributed by atoms with E-state index in [9.17, 15) is 14.9 Å². The molecule has 110 valence electrons. The molecule has 0 radical (unpaired) electrons. The molecule has 3 rings (SSSR count). The van der Waals surface area contributed by atoms with Crippen molar-refractivity contribution in [1.29, 1.82) is 0 Å². The van der Waals surface area contributed by atoms with E-state index in [2.05, 4.69) is 15.5 Å². The fraction of sp³-hybridized carbons (Fsp3) is 0. The van der Waals surface area contributed by atoms with Crippen molar-refractivity contribution in [2.45, 2.75) is 0 Å². The zero-order valence-electron chi connectivity index (χ0n) is 11.0. The summed E-state index contributed by atoms with van der Waals surface area (Å²) in [6, 6.07) is 7.94. The Hall–Kier alpha value is -3.49. The Kier molecular flexibility index (Phi) is 3.36. The molecule has 22 heavy (non-hydrogen) atoms. The van der Waals surface area contributed by atoms with Gasteiger partial charge in [0.1, 0.15) is 11.3 Å². The Morgan fingerprint density at radius 3 is 3.05 bits per heavy atom. The van der Waals surface area contributed by atoms with Gasteiger partial charge in [-0.1, -0.05) is 6.07 Å². The molecule has 0 unspecified atom stereocenters. The van der Waals surface area contributed by atoms with Crippen LogP contribution in [0.15, 0.2) is 52.4 Å². The minimum Gasteiger partial charge on any atom is -0.400 e. The largest absolute Gasteiger partial charge is 0.433 e. The highest BCUT2D eigenvalue weighted by Gasteiger charge is 2.13. The van der Waals surface area contributed by atoms with Gasteiger partial charge in [-0.05, 0) is 18.2 Å². The number of nitrogens with one attached hydrogen (secondary N) is 1. The van der Waals surface area contributed by atoms with Crippen LogP contribution < -0.4 is 5.43 Å². The summed E-state index contributed by atoms with van der Waals surface area (Å²) in [6.07, 6.45) is 4.46. The van der Waals surface area contributed by atoms with Gasteiger partial charge in [-0.3, -0.25) is 14.9 Å². The standard InChI is InChI=1S/C13H9N5O4/c19-13(12-10-3-1-2-6-17(10)8-14-12)16-15-7-9-4-5-11(22-9)18(20)21/h1-8H,(H,16,19). The summed E-state index contributed by atoms with van der Waals surface area (Å²) in [6.45, 7) is 0. The van der Waals surface area contributed by atoms with E-state index >= 15 is 0 Å². The average molecular weight is 299 g/mol. The Morgan fingerprint density at radius 2 is 2.27 bits per heavy atom. The van der Waals surface area contributed by atoms with E-state index in [-0.39, 0.29) is 11.5 Å². The minimum absolute atomic E-state index is 0.154. The number of hydrazone groups is 1. The van der Waals surface area contributed by atoms with Gasteiger partial charge in [0, 0.05) is 6.20 Å². The van der Waals surface area contributed by atoms with E-state index < -0.39 is 16.7 Å². The molecule has 0 saturated carbocycles. The second-order valence-electron chi connectivity index (χ2n) is 4.22. The van der Waals surface area contributed by atoms with Gasteiger partial charge in [0.2, 0.25) is 0 Å². The number of hydrogen-bond donors (Lipinski definition) is 1. The molecule has 0 aliphatic rings. The molecule has 3 heterocycles. The van der Waals surface area contributed by atoms with Gasteiger partial charge in [0.05, 0.1) is 17.8 Å². The van der Waals surface area contributed by atoms with Crippen molar-refractivity contribution in [3.63, 3.8) is 0 Å². The number of amides is 1. The molecule has 0 fully saturated rings. The second kappa shape index (κ2) is 5.48. The van der Waals surface area contributed by atoms with Crippen molar-refractivity contribution in [3.8, 4) is 0 Å². The molecule has 3 aromatic rings. The van der Waals surface area contributed by atoms with Crippen LogP contribution in [0.2, 0.25) is 0 Å². The first-order valence-electron chi connectivity index (χ1n) is 6.14. The summed E-state index contributed by atoms with van der Waals surface area (Å²) in [7, 11) is 0. The maximum atomic E-state index is 12.0. The minimum atomic E-state index is -0.660. The molecule has 0 atom stereocenters. The van der Waals surface area contributed by atoms with E-state index in [1.807, 2.05) is 6.07 Å². The van der Waals surface area contributed by atoms with Gasteiger partial charge in [-0.25, -0.2) is 10.4 Å². The zero-order valence-corrected chi connectivity index (χ0v) is 11.0. The highest BCUT2D eigenvalue weighted by molar-refractivity contribution is 5.99. The Bertz CT molecular complexity index is 879. The Morgan fingerprint density at radius 1 is 1.41 bits per heavy atom. The lowest BCUT2D eigenvalue weighted by atomic mass is 10.3. The first-order chi connectivity index (χ1) is 10.6. The van der Waals surface area contributed by atoms with E-state index in [1.54, 1.807) is 22.7 Å². The van der Waals surface area contributed by atoms with Crippen LogP contribution in [0.5, 0.6) is 0 Å². The van der Waals surface area contributed by atoms with E-state index in [0.717, 1.165) is 0 Å². The molecule has 3 aromatic heterocycles. The number of nitro groups is 1.